The summed E-state index contributed by atoms with van der Waals surface area (Å²) in [5.74, 6) is 0. The summed E-state index contributed by atoms with van der Waals surface area (Å²) in [6, 6.07) is 7.04. The molecule has 3 rings (SSSR count). The molecule has 7 heteroatoms. The lowest BCUT2D eigenvalue weighted by molar-refractivity contribution is -0.384. The van der Waals surface area contributed by atoms with Crippen molar-refractivity contribution in [2.24, 2.45) is 0 Å². The molecule has 1 aromatic heterocycles. The van der Waals surface area contributed by atoms with Crippen LogP contribution in [-0.4, -0.2) is 65.5 Å². The summed E-state index contributed by atoms with van der Waals surface area (Å²) in [5.41, 5.74) is 2.68. The van der Waals surface area contributed by atoms with Crippen LogP contribution in [0.15, 0.2) is 24.3 Å². The Balaban J connectivity index is 1.79. The van der Waals surface area contributed by atoms with Crippen LogP contribution in [-0.2, 0) is 0 Å². The summed E-state index contributed by atoms with van der Waals surface area (Å²) in [4.78, 5) is 20.0. The highest BCUT2D eigenvalue weighted by Gasteiger charge is 2.17. The SMILES string of the molecule is Cc1cc(N[C@@H](C)CN2CCN(C)CC2)c2cc([N+](=O)[O-])ccc2n1. The maximum Gasteiger partial charge on any atom is 0.270 e. The standard InChI is InChI=1S/C18H25N5O2/c1-13-10-18(16-11-15(23(24)25)4-5-17(16)19-13)20-14(2)12-22-8-6-21(3)7-9-22/h4-5,10-11,14H,6-9,12H2,1-3H3,(H,19,20)/t14-/m0/s1. The number of hydrogen-bond donors (Lipinski definition) is 1. The number of aryl methyl sites for hydroxylation is 1. The largest absolute Gasteiger partial charge is 0.381 e. The average Bonchev–Trinajstić information content (AvgIpc) is 2.56. The Morgan fingerprint density at radius 2 is 2.00 bits per heavy atom. The Morgan fingerprint density at radius 1 is 1.28 bits per heavy atom. The van der Waals surface area contributed by atoms with Gasteiger partial charge in [0.15, 0.2) is 0 Å². The van der Waals surface area contributed by atoms with Crippen LogP contribution in [0, 0.1) is 17.0 Å². The van der Waals surface area contributed by atoms with Crippen LogP contribution in [0.4, 0.5) is 11.4 Å². The van der Waals surface area contributed by atoms with Gasteiger partial charge in [-0.2, -0.15) is 0 Å². The molecule has 134 valence electrons. The van der Waals surface area contributed by atoms with Crippen LogP contribution in [0.2, 0.25) is 0 Å². The fraction of sp³-hybridized carbons (Fsp3) is 0.500. The summed E-state index contributed by atoms with van der Waals surface area (Å²) in [7, 11) is 2.15. The second kappa shape index (κ2) is 7.33. The molecule has 1 fully saturated rings. The van der Waals surface area contributed by atoms with E-state index in [1.807, 2.05) is 13.0 Å². The molecule has 0 saturated carbocycles. The minimum Gasteiger partial charge on any atom is -0.381 e. The molecule has 0 unspecified atom stereocenters. The molecule has 2 heterocycles. The average molecular weight is 343 g/mol. The number of hydrogen-bond acceptors (Lipinski definition) is 6. The molecule has 0 spiro atoms. The molecule has 0 radical (unpaired) electrons. The minimum atomic E-state index is -0.364. The highest BCUT2D eigenvalue weighted by molar-refractivity contribution is 5.93. The Kier molecular flexibility index (Phi) is 5.15. The summed E-state index contributed by atoms with van der Waals surface area (Å²) in [6.07, 6.45) is 0. The van der Waals surface area contributed by atoms with E-state index in [2.05, 4.69) is 34.1 Å². The summed E-state index contributed by atoms with van der Waals surface area (Å²) >= 11 is 0. The number of nitro benzene ring substituents is 1. The maximum absolute atomic E-state index is 11.1. The minimum absolute atomic E-state index is 0.0907. The van der Waals surface area contributed by atoms with Gasteiger partial charge in [-0.1, -0.05) is 0 Å². The zero-order chi connectivity index (χ0) is 18.0. The first-order valence-electron chi connectivity index (χ1n) is 8.65. The van der Waals surface area contributed by atoms with Crippen LogP contribution in [0.5, 0.6) is 0 Å². The first-order valence-corrected chi connectivity index (χ1v) is 8.65. The van der Waals surface area contributed by atoms with Crippen molar-refractivity contribution in [3.63, 3.8) is 0 Å². The second-order valence-corrected chi connectivity index (χ2v) is 6.92. The number of likely N-dealkylation sites (N-methyl/N-ethyl adjacent to an activating group) is 1. The predicted octanol–water partition coefficient (Wildman–Crippen LogP) is 2.50. The molecule has 1 N–H and O–H groups in total. The number of anilines is 1. The highest BCUT2D eigenvalue weighted by atomic mass is 16.6. The number of rotatable bonds is 5. The van der Waals surface area contributed by atoms with E-state index >= 15 is 0 Å². The third-order valence-electron chi connectivity index (χ3n) is 4.66. The Bertz CT molecular complexity index is 771. The van der Waals surface area contributed by atoms with E-state index in [9.17, 15) is 10.1 Å². The highest BCUT2D eigenvalue weighted by Crippen LogP contribution is 2.27. The van der Waals surface area contributed by atoms with Crippen molar-refractivity contribution >= 4 is 22.3 Å². The quantitative estimate of drug-likeness (QED) is 0.664. The molecule has 1 aliphatic heterocycles. The van der Waals surface area contributed by atoms with Gasteiger partial charge in [0.25, 0.3) is 5.69 Å². The van der Waals surface area contributed by atoms with Crippen LogP contribution in [0.3, 0.4) is 0 Å². The van der Waals surface area contributed by atoms with Gasteiger partial charge >= 0.3 is 0 Å². The van der Waals surface area contributed by atoms with Crippen LogP contribution < -0.4 is 5.32 Å². The van der Waals surface area contributed by atoms with E-state index in [-0.39, 0.29) is 16.7 Å². The van der Waals surface area contributed by atoms with Crippen molar-refractivity contribution in [2.45, 2.75) is 19.9 Å². The smallest absolute Gasteiger partial charge is 0.270 e. The fourth-order valence-electron chi connectivity index (χ4n) is 3.31. The number of aromatic nitrogens is 1. The van der Waals surface area contributed by atoms with Crippen LogP contribution >= 0.6 is 0 Å². The molecular weight excluding hydrogens is 318 g/mol. The van der Waals surface area contributed by atoms with Gasteiger partial charge in [0.2, 0.25) is 0 Å². The predicted molar refractivity (Wildman–Crippen MR) is 100 cm³/mol. The van der Waals surface area contributed by atoms with Crippen molar-refractivity contribution in [2.75, 3.05) is 45.1 Å². The van der Waals surface area contributed by atoms with Gasteiger partial charge in [-0.3, -0.25) is 20.0 Å². The fourth-order valence-corrected chi connectivity index (χ4v) is 3.31. The molecule has 0 aliphatic carbocycles. The molecule has 1 saturated heterocycles. The Hall–Kier alpha value is -2.25. The summed E-state index contributed by atoms with van der Waals surface area (Å²) in [5, 5.41) is 15.4. The lowest BCUT2D eigenvalue weighted by atomic mass is 10.1. The Labute approximate surface area is 147 Å². The molecular formula is C18H25N5O2. The number of benzene rings is 1. The number of piperazine rings is 1. The molecule has 1 atom stereocenters. The maximum atomic E-state index is 11.1. The van der Waals surface area contributed by atoms with E-state index in [4.69, 9.17) is 0 Å². The second-order valence-electron chi connectivity index (χ2n) is 6.92. The van der Waals surface area contributed by atoms with Crippen molar-refractivity contribution in [1.29, 1.82) is 0 Å². The normalized spacial score (nSPS) is 17.6. The van der Waals surface area contributed by atoms with Gasteiger partial charge in [0, 0.05) is 67.7 Å². The lowest BCUT2D eigenvalue weighted by Gasteiger charge is -2.34. The molecule has 0 bridgehead atoms. The van der Waals surface area contributed by atoms with Gasteiger partial charge in [0.05, 0.1) is 10.4 Å². The van der Waals surface area contributed by atoms with Crippen molar-refractivity contribution < 1.29 is 4.92 Å². The van der Waals surface area contributed by atoms with E-state index in [0.717, 1.165) is 55.0 Å². The number of non-ortho nitro benzene ring substituents is 1. The molecule has 0 amide bonds. The summed E-state index contributed by atoms with van der Waals surface area (Å²) < 4.78 is 0. The number of nitrogens with one attached hydrogen (secondary N) is 1. The number of nitrogens with zero attached hydrogens (tertiary/aromatic N) is 4. The van der Waals surface area contributed by atoms with E-state index in [1.54, 1.807) is 12.1 Å². The number of pyridine rings is 1. The van der Waals surface area contributed by atoms with Crippen LogP contribution in [0.25, 0.3) is 10.9 Å². The van der Waals surface area contributed by atoms with Gasteiger partial charge in [-0.05, 0) is 33.0 Å². The van der Waals surface area contributed by atoms with E-state index in [0.29, 0.717) is 0 Å². The number of nitro groups is 1. The van der Waals surface area contributed by atoms with Gasteiger partial charge < -0.3 is 10.2 Å². The van der Waals surface area contributed by atoms with Crippen LogP contribution in [0.1, 0.15) is 12.6 Å². The van der Waals surface area contributed by atoms with Crippen molar-refractivity contribution in [1.82, 2.24) is 14.8 Å². The lowest BCUT2D eigenvalue weighted by Crippen LogP contribution is -2.47. The molecule has 25 heavy (non-hydrogen) atoms. The van der Waals surface area contributed by atoms with E-state index in [1.165, 1.54) is 6.07 Å². The topological polar surface area (TPSA) is 74.5 Å². The first kappa shape index (κ1) is 17.6. The Morgan fingerprint density at radius 3 is 2.68 bits per heavy atom. The third-order valence-corrected chi connectivity index (χ3v) is 4.66. The van der Waals surface area contributed by atoms with Gasteiger partial charge in [0.1, 0.15) is 0 Å². The zero-order valence-corrected chi connectivity index (χ0v) is 15.0. The molecule has 7 nitrogen and oxygen atoms in total. The molecule has 2 aromatic rings. The third kappa shape index (κ3) is 4.24. The van der Waals surface area contributed by atoms with Gasteiger partial charge in [-0.25, -0.2) is 0 Å². The van der Waals surface area contributed by atoms with Gasteiger partial charge in [-0.15, -0.1) is 0 Å². The number of fused-ring (bicyclic) bond motifs is 1. The molecule has 1 aliphatic rings. The summed E-state index contributed by atoms with van der Waals surface area (Å²) in [6.45, 7) is 9.38. The first-order chi connectivity index (χ1) is 11.9. The van der Waals surface area contributed by atoms with Crippen molar-refractivity contribution in [3.05, 3.63) is 40.1 Å². The molecule has 1 aromatic carbocycles. The zero-order valence-electron chi connectivity index (χ0n) is 15.0. The monoisotopic (exact) mass is 343 g/mol. The van der Waals surface area contributed by atoms with Crippen molar-refractivity contribution in [3.8, 4) is 0 Å². The van der Waals surface area contributed by atoms with E-state index < -0.39 is 0 Å².